The third-order valence-corrected chi connectivity index (χ3v) is 7.08. The smallest absolute Gasteiger partial charge is 0.354 e. The van der Waals surface area contributed by atoms with E-state index in [-0.39, 0.29) is 35.4 Å². The van der Waals surface area contributed by atoms with Gasteiger partial charge in [0.05, 0.1) is 17.4 Å². The SMILES string of the molecule is COC(=O)/C(=C/C(=O)C12CC1CN(S(=O)(=O)c1ccc(C)cc1)C2)NC(C)=O. The first-order chi connectivity index (χ1) is 13.1. The quantitative estimate of drug-likeness (QED) is 0.552. The minimum Gasteiger partial charge on any atom is -0.464 e. The summed E-state index contributed by atoms with van der Waals surface area (Å²) in [6.45, 7) is 3.39. The fraction of sp³-hybridized carbons (Fsp3) is 0.421. The predicted octanol–water partition coefficient (Wildman–Crippen LogP) is 0.768. The van der Waals surface area contributed by atoms with Gasteiger partial charge in [0.2, 0.25) is 15.9 Å². The van der Waals surface area contributed by atoms with Gasteiger partial charge >= 0.3 is 5.97 Å². The van der Waals surface area contributed by atoms with Crippen LogP contribution in [-0.2, 0) is 29.1 Å². The lowest BCUT2D eigenvalue weighted by molar-refractivity contribution is -0.138. The zero-order valence-electron chi connectivity index (χ0n) is 15.9. The molecule has 1 aliphatic carbocycles. The number of ether oxygens (including phenoxy) is 1. The van der Waals surface area contributed by atoms with Gasteiger partial charge in [-0.2, -0.15) is 4.31 Å². The summed E-state index contributed by atoms with van der Waals surface area (Å²) in [4.78, 5) is 36.1. The molecular formula is C19H22N2O6S. The van der Waals surface area contributed by atoms with E-state index in [1.165, 1.54) is 11.2 Å². The number of sulfonamides is 1. The highest BCUT2D eigenvalue weighted by Gasteiger charge is 2.65. The van der Waals surface area contributed by atoms with Crippen LogP contribution in [0.25, 0.3) is 0 Å². The number of methoxy groups -OCH3 is 1. The lowest BCUT2D eigenvalue weighted by atomic mass is 9.99. The minimum atomic E-state index is -3.70. The molecule has 2 aliphatic rings. The molecule has 1 N–H and O–H groups in total. The molecule has 3 rings (SSSR count). The highest BCUT2D eigenvalue weighted by atomic mass is 32.2. The van der Waals surface area contributed by atoms with Gasteiger partial charge in [0, 0.05) is 26.1 Å². The Hall–Kier alpha value is -2.52. The van der Waals surface area contributed by atoms with Gasteiger partial charge in [0.15, 0.2) is 5.78 Å². The summed E-state index contributed by atoms with van der Waals surface area (Å²) in [7, 11) is -2.55. The number of esters is 1. The minimum absolute atomic E-state index is 0.0533. The number of hydrogen-bond acceptors (Lipinski definition) is 6. The van der Waals surface area contributed by atoms with Crippen molar-refractivity contribution in [2.45, 2.75) is 25.2 Å². The van der Waals surface area contributed by atoms with Crippen LogP contribution in [0.15, 0.2) is 40.9 Å². The average molecular weight is 406 g/mol. The Kier molecular flexibility index (Phi) is 5.16. The van der Waals surface area contributed by atoms with E-state index in [9.17, 15) is 22.8 Å². The molecule has 150 valence electrons. The van der Waals surface area contributed by atoms with Crippen molar-refractivity contribution in [1.29, 1.82) is 0 Å². The Labute approximate surface area is 163 Å². The number of carbonyl (C=O) groups excluding carboxylic acids is 3. The zero-order chi connectivity index (χ0) is 20.7. The van der Waals surface area contributed by atoms with Crippen molar-refractivity contribution < 1.29 is 27.5 Å². The van der Waals surface area contributed by atoms with E-state index in [2.05, 4.69) is 10.1 Å². The molecule has 1 saturated carbocycles. The maximum Gasteiger partial charge on any atom is 0.354 e. The lowest BCUT2D eigenvalue weighted by Gasteiger charge is -2.20. The molecule has 0 radical (unpaired) electrons. The molecule has 9 heteroatoms. The van der Waals surface area contributed by atoms with Crippen molar-refractivity contribution >= 4 is 27.7 Å². The Bertz CT molecular complexity index is 967. The van der Waals surface area contributed by atoms with E-state index in [1.54, 1.807) is 24.3 Å². The van der Waals surface area contributed by atoms with Gasteiger partial charge < -0.3 is 10.1 Å². The molecule has 2 fully saturated rings. The van der Waals surface area contributed by atoms with Crippen LogP contribution in [0.5, 0.6) is 0 Å². The second-order valence-corrected chi connectivity index (χ2v) is 9.20. The molecule has 8 nitrogen and oxygen atoms in total. The zero-order valence-corrected chi connectivity index (χ0v) is 16.7. The van der Waals surface area contributed by atoms with Crippen LogP contribution in [0.4, 0.5) is 0 Å². The molecule has 0 bridgehead atoms. The van der Waals surface area contributed by atoms with E-state index in [1.807, 2.05) is 6.92 Å². The van der Waals surface area contributed by atoms with Crippen LogP contribution < -0.4 is 5.32 Å². The number of rotatable bonds is 6. The van der Waals surface area contributed by atoms with Crippen molar-refractivity contribution in [3.8, 4) is 0 Å². The van der Waals surface area contributed by atoms with Crippen LogP contribution in [0, 0.1) is 18.3 Å². The fourth-order valence-corrected chi connectivity index (χ4v) is 5.14. The number of allylic oxidation sites excluding steroid dienone is 1. The molecule has 2 unspecified atom stereocenters. The van der Waals surface area contributed by atoms with Gasteiger partial charge in [-0.1, -0.05) is 17.7 Å². The molecule has 1 aromatic rings. The van der Waals surface area contributed by atoms with Crippen molar-refractivity contribution in [1.82, 2.24) is 9.62 Å². The van der Waals surface area contributed by atoms with Crippen molar-refractivity contribution in [3.05, 3.63) is 41.6 Å². The Morgan fingerprint density at radius 3 is 2.46 bits per heavy atom. The predicted molar refractivity (Wildman–Crippen MR) is 99.4 cm³/mol. The van der Waals surface area contributed by atoms with Crippen LogP contribution in [-0.4, -0.2) is 50.6 Å². The van der Waals surface area contributed by atoms with E-state index in [0.717, 1.165) is 18.7 Å². The van der Waals surface area contributed by atoms with Crippen LogP contribution in [0.1, 0.15) is 18.9 Å². The number of piperidine rings is 1. The molecular weight excluding hydrogens is 384 g/mol. The second kappa shape index (κ2) is 7.14. The van der Waals surface area contributed by atoms with Gasteiger partial charge in [-0.3, -0.25) is 9.59 Å². The number of ketones is 1. The second-order valence-electron chi connectivity index (χ2n) is 7.26. The first-order valence-corrected chi connectivity index (χ1v) is 10.2. The standard InChI is InChI=1S/C19H22N2O6S/c1-12-4-6-15(7-5-12)28(25,26)21-10-14-9-19(14,11-21)17(23)8-16(18(24)27-3)20-13(2)22/h4-8,14H,9-11H2,1-3H3,(H,20,22)/b16-8-. The van der Waals surface area contributed by atoms with Gasteiger partial charge in [-0.25, -0.2) is 13.2 Å². The maximum atomic E-state index is 12.9. The highest BCUT2D eigenvalue weighted by Crippen LogP contribution is 2.59. The number of nitrogens with one attached hydrogen (secondary N) is 1. The topological polar surface area (TPSA) is 110 Å². The first kappa shape index (κ1) is 20.2. The average Bonchev–Trinajstić information content (AvgIpc) is 3.21. The summed E-state index contributed by atoms with van der Waals surface area (Å²) in [5, 5.41) is 2.29. The van der Waals surface area contributed by atoms with E-state index < -0.39 is 27.3 Å². The molecule has 1 saturated heterocycles. The van der Waals surface area contributed by atoms with Gasteiger partial charge in [-0.15, -0.1) is 0 Å². The summed E-state index contributed by atoms with van der Waals surface area (Å²) in [6, 6.07) is 6.55. The number of fused-ring (bicyclic) bond motifs is 1. The molecule has 1 heterocycles. The van der Waals surface area contributed by atoms with Crippen molar-refractivity contribution in [2.75, 3.05) is 20.2 Å². The number of hydrogen-bond donors (Lipinski definition) is 1. The van der Waals surface area contributed by atoms with Gasteiger partial charge in [0.25, 0.3) is 0 Å². The number of aryl methyl sites for hydroxylation is 1. The Balaban J connectivity index is 1.81. The molecule has 28 heavy (non-hydrogen) atoms. The highest BCUT2D eigenvalue weighted by molar-refractivity contribution is 7.89. The lowest BCUT2D eigenvalue weighted by Crippen LogP contribution is -2.34. The molecule has 1 aliphatic heterocycles. The van der Waals surface area contributed by atoms with Gasteiger partial charge in [-0.05, 0) is 31.4 Å². The third-order valence-electron chi connectivity index (χ3n) is 5.26. The van der Waals surface area contributed by atoms with Crippen molar-refractivity contribution in [2.24, 2.45) is 11.3 Å². The Morgan fingerprint density at radius 2 is 1.89 bits per heavy atom. The molecule has 0 aromatic heterocycles. The Morgan fingerprint density at radius 1 is 1.25 bits per heavy atom. The molecule has 0 spiro atoms. The monoisotopic (exact) mass is 406 g/mol. The summed E-state index contributed by atoms with van der Waals surface area (Å²) >= 11 is 0. The first-order valence-electron chi connectivity index (χ1n) is 8.79. The van der Waals surface area contributed by atoms with Gasteiger partial charge in [0.1, 0.15) is 5.70 Å². The fourth-order valence-electron chi connectivity index (χ4n) is 3.58. The molecule has 1 amide bonds. The number of amides is 1. The van der Waals surface area contributed by atoms with E-state index in [4.69, 9.17) is 0 Å². The van der Waals surface area contributed by atoms with Crippen LogP contribution in [0.3, 0.4) is 0 Å². The number of benzene rings is 1. The molecule has 1 aromatic carbocycles. The summed E-state index contributed by atoms with van der Waals surface area (Å²) < 4.78 is 31.6. The molecule has 2 atom stereocenters. The van der Waals surface area contributed by atoms with Crippen LogP contribution >= 0.6 is 0 Å². The van der Waals surface area contributed by atoms with E-state index in [0.29, 0.717) is 6.42 Å². The maximum absolute atomic E-state index is 12.9. The normalized spacial score (nSPS) is 24.4. The summed E-state index contributed by atoms with van der Waals surface area (Å²) in [6.07, 6.45) is 1.60. The van der Waals surface area contributed by atoms with Crippen LogP contribution in [0.2, 0.25) is 0 Å². The van der Waals surface area contributed by atoms with Crippen molar-refractivity contribution in [3.63, 3.8) is 0 Å². The van der Waals surface area contributed by atoms with E-state index >= 15 is 0 Å². The number of nitrogens with zero attached hydrogens (tertiary/aromatic N) is 1. The summed E-state index contributed by atoms with van der Waals surface area (Å²) in [5.41, 5.74) is -0.150. The largest absolute Gasteiger partial charge is 0.464 e. The number of carbonyl (C=O) groups is 3. The summed E-state index contributed by atoms with van der Waals surface area (Å²) in [5.74, 6) is -1.83. The third kappa shape index (κ3) is 3.59.